The number of halogens is 2. The summed E-state index contributed by atoms with van der Waals surface area (Å²) in [7, 11) is 1.40. The summed E-state index contributed by atoms with van der Waals surface area (Å²) in [5.74, 6) is -1.96. The van der Waals surface area contributed by atoms with Gasteiger partial charge >= 0.3 is 11.9 Å². The lowest BCUT2D eigenvalue weighted by Gasteiger charge is -2.49. The third-order valence-corrected chi connectivity index (χ3v) is 7.71. The summed E-state index contributed by atoms with van der Waals surface area (Å²) < 4.78 is 21.9. The lowest BCUT2D eigenvalue weighted by Crippen LogP contribution is -2.53. The van der Waals surface area contributed by atoms with Gasteiger partial charge < -0.3 is 24.3 Å². The summed E-state index contributed by atoms with van der Waals surface area (Å²) in [4.78, 5) is 42.4. The van der Waals surface area contributed by atoms with E-state index in [2.05, 4.69) is 10.3 Å². The van der Waals surface area contributed by atoms with E-state index in [0.717, 1.165) is 17.5 Å². The smallest absolute Gasteiger partial charge is 0.328 e. The Morgan fingerprint density at radius 3 is 2.05 bits per heavy atom. The van der Waals surface area contributed by atoms with Gasteiger partial charge in [0.05, 0.1) is 18.4 Å². The molecule has 1 N–H and O–H groups in total. The van der Waals surface area contributed by atoms with Crippen LogP contribution in [0.25, 0.3) is 0 Å². The van der Waals surface area contributed by atoms with Crippen molar-refractivity contribution in [2.75, 3.05) is 13.9 Å². The van der Waals surface area contributed by atoms with Crippen LogP contribution in [0.15, 0.2) is 60.8 Å². The number of carbonyl (C=O) groups is 3. The molecule has 1 fully saturated rings. The van der Waals surface area contributed by atoms with Crippen LogP contribution in [-0.4, -0.2) is 48.9 Å². The van der Waals surface area contributed by atoms with Crippen molar-refractivity contribution >= 4 is 41.0 Å². The minimum absolute atomic E-state index is 0.0295. The summed E-state index contributed by atoms with van der Waals surface area (Å²) in [5, 5.41) is 3.82. The Kier molecular flexibility index (Phi) is 9.96. The van der Waals surface area contributed by atoms with Crippen molar-refractivity contribution < 1.29 is 33.3 Å². The Bertz CT molecular complexity index is 1380. The zero-order valence-electron chi connectivity index (χ0n) is 23.7. The van der Waals surface area contributed by atoms with Crippen molar-refractivity contribution in [2.45, 2.75) is 51.2 Å². The first-order valence-electron chi connectivity index (χ1n) is 13.4. The molecule has 2 unspecified atom stereocenters. The number of carbonyl (C=O) groups excluding carboxylic acids is 3. The Morgan fingerprint density at radius 2 is 1.55 bits per heavy atom. The first-order valence-corrected chi connectivity index (χ1v) is 14.2. The van der Waals surface area contributed by atoms with Crippen molar-refractivity contribution in [1.29, 1.82) is 0 Å². The number of esters is 2. The van der Waals surface area contributed by atoms with Gasteiger partial charge in [0.25, 0.3) is 5.91 Å². The molecule has 0 spiro atoms. The second kappa shape index (κ2) is 13.4. The van der Waals surface area contributed by atoms with Crippen molar-refractivity contribution in [3.63, 3.8) is 0 Å². The topological polar surface area (TPSA) is 113 Å². The lowest BCUT2D eigenvalue weighted by molar-refractivity contribution is -0.160. The molecule has 3 aromatic rings. The molecule has 0 saturated heterocycles. The number of rotatable bonds is 11. The predicted octanol–water partition coefficient (Wildman–Crippen LogP) is 5.74. The van der Waals surface area contributed by atoms with Crippen LogP contribution in [0.1, 0.15) is 55.2 Å². The number of nitrogens with one attached hydrogen (secondary N) is 1. The van der Waals surface area contributed by atoms with E-state index >= 15 is 0 Å². The minimum Gasteiger partial charge on any atom is -0.493 e. The van der Waals surface area contributed by atoms with Crippen LogP contribution in [0.4, 0.5) is 0 Å². The molecule has 1 aliphatic rings. The van der Waals surface area contributed by atoms with E-state index in [4.69, 9.17) is 42.1 Å². The summed E-state index contributed by atoms with van der Waals surface area (Å²) in [6.45, 7) is 4.45. The molecular weight excluding hydrogens is 583 g/mol. The zero-order valence-corrected chi connectivity index (χ0v) is 25.2. The average Bonchev–Trinajstić information content (AvgIpc) is 2.97. The maximum absolute atomic E-state index is 13.3. The molecular formula is C31H32Cl2N2O7. The van der Waals surface area contributed by atoms with E-state index in [1.165, 1.54) is 26.3 Å². The van der Waals surface area contributed by atoms with E-state index < -0.39 is 42.2 Å². The fraction of sp³-hybridized carbons (Fsp3) is 0.355. The van der Waals surface area contributed by atoms with Crippen molar-refractivity contribution in [2.24, 2.45) is 5.92 Å². The molecule has 1 saturated carbocycles. The van der Waals surface area contributed by atoms with Gasteiger partial charge in [-0.3, -0.25) is 9.59 Å². The zero-order chi connectivity index (χ0) is 30.4. The van der Waals surface area contributed by atoms with Gasteiger partial charge in [-0.2, -0.15) is 0 Å². The van der Waals surface area contributed by atoms with Crippen molar-refractivity contribution in [3.05, 3.63) is 87.7 Å². The average molecular weight is 616 g/mol. The van der Waals surface area contributed by atoms with Gasteiger partial charge in [0.1, 0.15) is 12.1 Å². The van der Waals surface area contributed by atoms with Crippen LogP contribution in [-0.2, 0) is 24.5 Å². The number of aromatic nitrogens is 1. The molecule has 4 rings (SSSR count). The maximum Gasteiger partial charge on any atom is 0.328 e. The van der Waals surface area contributed by atoms with Crippen LogP contribution < -0.4 is 14.8 Å². The number of ether oxygens (including phenoxy) is 4. The quantitative estimate of drug-likeness (QED) is 0.215. The molecule has 222 valence electrons. The molecule has 1 aromatic heterocycles. The van der Waals surface area contributed by atoms with Gasteiger partial charge in [-0.25, -0.2) is 9.78 Å². The number of hydrogen-bond acceptors (Lipinski definition) is 8. The van der Waals surface area contributed by atoms with Crippen molar-refractivity contribution in [3.8, 4) is 11.5 Å². The molecule has 11 heteroatoms. The Hall–Kier alpha value is -3.82. The van der Waals surface area contributed by atoms with E-state index in [-0.39, 0.29) is 23.1 Å². The molecule has 2 aromatic carbocycles. The molecule has 9 nitrogen and oxygen atoms in total. The van der Waals surface area contributed by atoms with Gasteiger partial charge in [-0.05, 0) is 55.2 Å². The first-order chi connectivity index (χ1) is 20.1. The molecule has 1 amide bonds. The molecule has 1 heterocycles. The standard InChI is InChI=1S/C31H32Cl2N2O7/c1-18(2)29(37)41-17-40-27-24(39-4)14-16-34-26(27)28(36)35-19(3)30(38)42-25-13-15-31(25,20-5-9-22(32)10-6-20)21-7-11-23(33)12-8-21/h5-12,14,16,18-19,25H,13,15,17H2,1-4H3,(H,35,36). The minimum atomic E-state index is -1.02. The molecule has 0 bridgehead atoms. The Labute approximate surface area is 254 Å². The summed E-state index contributed by atoms with van der Waals surface area (Å²) in [5.41, 5.74) is 1.16. The largest absolute Gasteiger partial charge is 0.493 e. The summed E-state index contributed by atoms with van der Waals surface area (Å²) in [6.07, 6.45) is 2.24. The van der Waals surface area contributed by atoms with E-state index in [0.29, 0.717) is 16.5 Å². The fourth-order valence-electron chi connectivity index (χ4n) is 4.80. The third-order valence-electron chi connectivity index (χ3n) is 7.21. The SMILES string of the molecule is COc1ccnc(C(=O)NC(C)C(=O)OC2CCC2(c2ccc(Cl)cc2)c2ccc(Cl)cc2)c1OCOC(=O)C(C)C. The molecule has 0 radical (unpaired) electrons. The van der Waals surface area contributed by atoms with E-state index in [1.807, 2.05) is 24.3 Å². The van der Waals surface area contributed by atoms with Gasteiger partial charge in [-0.1, -0.05) is 61.3 Å². The van der Waals surface area contributed by atoms with E-state index in [1.54, 1.807) is 38.1 Å². The van der Waals surface area contributed by atoms with Gasteiger partial charge in [0, 0.05) is 22.3 Å². The van der Waals surface area contributed by atoms with Crippen molar-refractivity contribution in [1.82, 2.24) is 10.3 Å². The second-order valence-corrected chi connectivity index (χ2v) is 11.1. The number of nitrogens with zero attached hydrogens (tertiary/aromatic N) is 1. The summed E-state index contributed by atoms with van der Waals surface area (Å²) in [6, 6.07) is 15.4. The number of benzene rings is 2. The number of methoxy groups -OCH3 is 1. The predicted molar refractivity (Wildman–Crippen MR) is 157 cm³/mol. The maximum atomic E-state index is 13.3. The van der Waals surface area contributed by atoms with Crippen LogP contribution in [0, 0.1) is 5.92 Å². The highest BCUT2D eigenvalue weighted by molar-refractivity contribution is 6.30. The monoisotopic (exact) mass is 614 g/mol. The highest BCUT2D eigenvalue weighted by Gasteiger charge is 2.52. The Morgan fingerprint density at radius 1 is 0.952 bits per heavy atom. The molecule has 1 aliphatic carbocycles. The molecule has 0 aliphatic heterocycles. The van der Waals surface area contributed by atoms with Crippen LogP contribution in [0.5, 0.6) is 11.5 Å². The first kappa shape index (κ1) is 31.1. The third kappa shape index (κ3) is 6.63. The lowest BCUT2D eigenvalue weighted by atomic mass is 9.58. The molecule has 42 heavy (non-hydrogen) atoms. The van der Waals surface area contributed by atoms with Crippen LogP contribution in [0.2, 0.25) is 10.0 Å². The Balaban J connectivity index is 1.49. The van der Waals surface area contributed by atoms with E-state index in [9.17, 15) is 14.4 Å². The fourth-order valence-corrected chi connectivity index (χ4v) is 5.06. The molecule has 2 atom stereocenters. The van der Waals surface area contributed by atoms with Gasteiger partial charge in [0.2, 0.25) is 6.79 Å². The second-order valence-electron chi connectivity index (χ2n) is 10.2. The number of pyridine rings is 1. The normalized spacial score (nSPS) is 16.1. The van der Waals surface area contributed by atoms with Gasteiger partial charge in [0.15, 0.2) is 17.2 Å². The van der Waals surface area contributed by atoms with Gasteiger partial charge in [-0.15, -0.1) is 0 Å². The van der Waals surface area contributed by atoms with Crippen LogP contribution >= 0.6 is 23.2 Å². The van der Waals surface area contributed by atoms with Crippen LogP contribution in [0.3, 0.4) is 0 Å². The highest BCUT2D eigenvalue weighted by atomic mass is 35.5. The summed E-state index contributed by atoms with van der Waals surface area (Å²) >= 11 is 12.3. The number of hydrogen-bond donors (Lipinski definition) is 1. The number of amides is 1. The highest BCUT2D eigenvalue weighted by Crippen LogP contribution is 2.51.